The van der Waals surface area contributed by atoms with Crippen molar-refractivity contribution in [2.24, 2.45) is 0 Å². The van der Waals surface area contributed by atoms with Crippen molar-refractivity contribution in [3.8, 4) is 0 Å². The molecule has 0 aliphatic carbocycles. The van der Waals surface area contributed by atoms with Crippen LogP contribution in [0, 0.1) is 9.39 Å². The Hall–Kier alpha value is -0.230. The number of nitrogens with zero attached hydrogens (tertiary/aromatic N) is 1. The van der Waals surface area contributed by atoms with Gasteiger partial charge in [0.05, 0.1) is 10.2 Å². The monoisotopic (exact) mass is 253 g/mol. The van der Waals surface area contributed by atoms with E-state index in [-0.39, 0.29) is 12.3 Å². The molecule has 0 aromatic carbocycles. The van der Waals surface area contributed by atoms with Crippen LogP contribution in [0.15, 0.2) is 12.3 Å². The Labute approximate surface area is 71.2 Å². The topological polar surface area (TPSA) is 33.1 Å². The van der Waals surface area contributed by atoms with Crippen LogP contribution in [0.5, 0.6) is 0 Å². The standard InChI is InChI=1S/C6H5FINO/c7-6-4(8)1-2-9-5(6)3-10/h1-2,10H,3H2. The summed E-state index contributed by atoms with van der Waals surface area (Å²) in [6.07, 6.45) is 1.47. The van der Waals surface area contributed by atoms with Crippen LogP contribution in [0.4, 0.5) is 4.39 Å². The van der Waals surface area contributed by atoms with Gasteiger partial charge in [-0.3, -0.25) is 4.98 Å². The van der Waals surface area contributed by atoms with Crippen molar-refractivity contribution in [1.29, 1.82) is 0 Å². The highest BCUT2D eigenvalue weighted by atomic mass is 127. The molecule has 1 aromatic heterocycles. The van der Waals surface area contributed by atoms with E-state index in [9.17, 15) is 4.39 Å². The maximum absolute atomic E-state index is 12.8. The van der Waals surface area contributed by atoms with Gasteiger partial charge in [0.1, 0.15) is 5.69 Å². The minimum atomic E-state index is -0.425. The van der Waals surface area contributed by atoms with E-state index < -0.39 is 5.82 Å². The summed E-state index contributed by atoms with van der Waals surface area (Å²) in [7, 11) is 0. The molecule has 0 amide bonds. The molecule has 0 aliphatic heterocycles. The summed E-state index contributed by atoms with van der Waals surface area (Å²) in [5.41, 5.74) is 0.104. The van der Waals surface area contributed by atoms with Gasteiger partial charge in [-0.25, -0.2) is 4.39 Å². The lowest BCUT2D eigenvalue weighted by molar-refractivity contribution is 0.269. The summed E-state index contributed by atoms with van der Waals surface area (Å²) in [6.45, 7) is -0.345. The predicted octanol–water partition coefficient (Wildman–Crippen LogP) is 1.32. The number of aromatic nitrogens is 1. The second-order valence-corrected chi connectivity index (χ2v) is 2.87. The fourth-order valence-electron chi connectivity index (χ4n) is 0.571. The highest BCUT2D eigenvalue weighted by Gasteiger charge is 2.04. The SMILES string of the molecule is OCc1nccc(I)c1F. The smallest absolute Gasteiger partial charge is 0.160 e. The molecule has 0 aliphatic rings. The fraction of sp³-hybridized carbons (Fsp3) is 0.167. The quantitative estimate of drug-likeness (QED) is 0.765. The normalized spacial score (nSPS) is 9.90. The highest BCUT2D eigenvalue weighted by molar-refractivity contribution is 14.1. The lowest BCUT2D eigenvalue weighted by atomic mass is 10.3. The van der Waals surface area contributed by atoms with E-state index in [1.165, 1.54) is 6.20 Å². The second-order valence-electron chi connectivity index (χ2n) is 1.71. The molecule has 0 saturated heterocycles. The number of aliphatic hydroxyl groups is 1. The molecule has 2 nitrogen and oxygen atoms in total. The number of rotatable bonds is 1. The molecule has 10 heavy (non-hydrogen) atoms. The molecule has 54 valence electrons. The first-order valence-electron chi connectivity index (χ1n) is 2.65. The zero-order valence-corrected chi connectivity index (χ0v) is 7.17. The lowest BCUT2D eigenvalue weighted by Crippen LogP contribution is -1.95. The van der Waals surface area contributed by atoms with Crippen LogP contribution in [0.3, 0.4) is 0 Å². The zero-order valence-electron chi connectivity index (χ0n) is 5.01. The molecule has 0 fully saturated rings. The second kappa shape index (κ2) is 3.25. The molecule has 0 atom stereocenters. The van der Waals surface area contributed by atoms with Gasteiger partial charge >= 0.3 is 0 Å². The predicted molar refractivity (Wildman–Crippen MR) is 42.8 cm³/mol. The van der Waals surface area contributed by atoms with Crippen LogP contribution in [0.2, 0.25) is 0 Å². The fourth-order valence-corrected chi connectivity index (χ4v) is 1.04. The Morgan fingerprint density at radius 1 is 1.70 bits per heavy atom. The molecule has 0 unspecified atom stereocenters. The molecule has 0 radical (unpaired) electrons. The molecule has 1 N–H and O–H groups in total. The van der Waals surface area contributed by atoms with E-state index >= 15 is 0 Å². The summed E-state index contributed by atoms with van der Waals surface area (Å²) < 4.78 is 13.3. The Kier molecular flexibility index (Phi) is 2.56. The van der Waals surface area contributed by atoms with Gasteiger partial charge in [0.25, 0.3) is 0 Å². The maximum atomic E-state index is 12.8. The first-order chi connectivity index (χ1) is 4.75. The molecule has 0 bridgehead atoms. The van der Waals surface area contributed by atoms with Crippen LogP contribution >= 0.6 is 22.6 Å². The summed E-state index contributed by atoms with van der Waals surface area (Å²) in [6, 6.07) is 1.55. The van der Waals surface area contributed by atoms with Crippen LogP contribution < -0.4 is 0 Å². The minimum Gasteiger partial charge on any atom is -0.390 e. The average Bonchev–Trinajstić information content (AvgIpc) is 1.95. The van der Waals surface area contributed by atoms with E-state index in [1.54, 1.807) is 6.07 Å². The molecular weight excluding hydrogens is 248 g/mol. The van der Waals surface area contributed by atoms with Gasteiger partial charge in [0.15, 0.2) is 5.82 Å². The molecule has 1 aromatic rings. The molecular formula is C6H5FINO. The van der Waals surface area contributed by atoms with Crippen molar-refractivity contribution in [3.63, 3.8) is 0 Å². The summed E-state index contributed by atoms with van der Waals surface area (Å²) in [5.74, 6) is -0.425. The van der Waals surface area contributed by atoms with Gasteiger partial charge in [0.2, 0.25) is 0 Å². The third-order valence-electron chi connectivity index (χ3n) is 1.06. The number of halogens is 2. The van der Waals surface area contributed by atoms with Crippen molar-refractivity contribution in [1.82, 2.24) is 4.98 Å². The number of hydrogen-bond acceptors (Lipinski definition) is 2. The van der Waals surface area contributed by atoms with Gasteiger partial charge in [-0.15, -0.1) is 0 Å². The van der Waals surface area contributed by atoms with E-state index in [2.05, 4.69) is 4.98 Å². The van der Waals surface area contributed by atoms with Crippen LogP contribution in [-0.2, 0) is 6.61 Å². The first kappa shape index (κ1) is 7.87. The molecule has 0 saturated carbocycles. The zero-order chi connectivity index (χ0) is 7.56. The van der Waals surface area contributed by atoms with Gasteiger partial charge in [0, 0.05) is 6.20 Å². The Morgan fingerprint density at radius 3 is 2.90 bits per heavy atom. The van der Waals surface area contributed by atoms with Crippen molar-refractivity contribution in [2.75, 3.05) is 0 Å². The molecule has 1 heterocycles. The highest BCUT2D eigenvalue weighted by Crippen LogP contribution is 2.11. The average molecular weight is 253 g/mol. The number of pyridine rings is 1. The number of hydrogen-bond donors (Lipinski definition) is 1. The van der Waals surface area contributed by atoms with Crippen molar-refractivity contribution < 1.29 is 9.50 Å². The van der Waals surface area contributed by atoms with E-state index in [4.69, 9.17) is 5.11 Å². The summed E-state index contributed by atoms with van der Waals surface area (Å²) in [5, 5.41) is 8.54. The van der Waals surface area contributed by atoms with Crippen LogP contribution in [-0.4, -0.2) is 10.1 Å². The third-order valence-corrected chi connectivity index (χ3v) is 1.90. The van der Waals surface area contributed by atoms with E-state index in [1.807, 2.05) is 22.6 Å². The summed E-state index contributed by atoms with van der Waals surface area (Å²) >= 11 is 1.85. The Balaban J connectivity index is 3.14. The number of aliphatic hydroxyl groups excluding tert-OH is 1. The molecule has 1 rings (SSSR count). The van der Waals surface area contributed by atoms with Crippen molar-refractivity contribution in [3.05, 3.63) is 27.3 Å². The van der Waals surface area contributed by atoms with E-state index in [0.29, 0.717) is 3.57 Å². The van der Waals surface area contributed by atoms with Gasteiger partial charge in [-0.05, 0) is 28.7 Å². The van der Waals surface area contributed by atoms with Gasteiger partial charge < -0.3 is 5.11 Å². The van der Waals surface area contributed by atoms with Gasteiger partial charge in [-0.2, -0.15) is 0 Å². The van der Waals surface area contributed by atoms with Crippen molar-refractivity contribution >= 4 is 22.6 Å². The molecule has 0 spiro atoms. The third kappa shape index (κ3) is 1.43. The lowest BCUT2D eigenvalue weighted by Gasteiger charge is -1.97. The maximum Gasteiger partial charge on any atom is 0.160 e. The van der Waals surface area contributed by atoms with Gasteiger partial charge in [-0.1, -0.05) is 0 Å². The molecule has 4 heteroatoms. The van der Waals surface area contributed by atoms with Crippen LogP contribution in [0.25, 0.3) is 0 Å². The summed E-state index contributed by atoms with van der Waals surface area (Å²) in [4.78, 5) is 3.63. The first-order valence-corrected chi connectivity index (χ1v) is 3.73. The minimum absolute atomic E-state index is 0.104. The Bertz CT molecular complexity index is 241. The largest absolute Gasteiger partial charge is 0.390 e. The Morgan fingerprint density at radius 2 is 2.40 bits per heavy atom. The van der Waals surface area contributed by atoms with Crippen molar-refractivity contribution in [2.45, 2.75) is 6.61 Å². The van der Waals surface area contributed by atoms with E-state index in [0.717, 1.165) is 0 Å². The van der Waals surface area contributed by atoms with Crippen LogP contribution in [0.1, 0.15) is 5.69 Å².